The Balaban J connectivity index is 3.53. The third-order valence-electron chi connectivity index (χ3n) is 9.35. The summed E-state index contributed by atoms with van der Waals surface area (Å²) in [6.45, 7) is 2.35. The predicted octanol–water partition coefficient (Wildman–Crippen LogP) is 17.2. The maximum Gasteiger partial charge on any atom is 0.107 e. The van der Waals surface area contributed by atoms with Crippen molar-refractivity contribution in [3.05, 3.63) is 24.3 Å². The number of halogens is 4. The van der Waals surface area contributed by atoms with Crippen molar-refractivity contribution in [2.24, 2.45) is 5.92 Å². The first-order valence-electron chi connectivity index (χ1n) is 19.9. The highest BCUT2D eigenvalue weighted by molar-refractivity contribution is 6.44. The Bertz CT molecular complexity index is 552. The Labute approximate surface area is 303 Å². The second kappa shape index (κ2) is 39.1. The molecule has 0 amide bonds. The Hall–Kier alpha value is 0.640. The molecular weight excluding hydrogens is 634 g/mol. The van der Waals surface area contributed by atoms with Crippen molar-refractivity contribution in [1.82, 2.24) is 0 Å². The molecule has 0 N–H and O–H groups in total. The molecule has 0 atom stereocenters. The molecule has 0 saturated carbocycles. The molecule has 0 bridgehead atoms. The maximum atomic E-state index is 5.78. The van der Waals surface area contributed by atoms with Crippen molar-refractivity contribution < 1.29 is 0 Å². The van der Waals surface area contributed by atoms with Crippen molar-refractivity contribution in [3.8, 4) is 0 Å². The molecule has 268 valence electrons. The number of alkyl halides is 4. The minimum absolute atomic E-state index is 0.177. The van der Waals surface area contributed by atoms with E-state index in [1.54, 1.807) is 0 Å². The van der Waals surface area contributed by atoms with E-state index >= 15 is 0 Å². The summed E-state index contributed by atoms with van der Waals surface area (Å²) in [5.41, 5.74) is 0. The summed E-state index contributed by atoms with van der Waals surface area (Å²) >= 11 is 23.1. The van der Waals surface area contributed by atoms with Gasteiger partial charge in [0.2, 0.25) is 0 Å². The summed E-state index contributed by atoms with van der Waals surface area (Å²) in [5, 5.41) is 0. The molecule has 0 aliphatic rings. The standard InChI is InChI=1S/C41H76Cl4/c1-2-3-34-39(35-30-26-22-18-14-10-6-4-8-12-16-20-24-28-32-37-40(42)43)36-31-27-23-19-15-11-7-5-9-13-17-21-25-29-33-38-41(44)45/h4-5,8-9,39-41H,2-3,6-7,10-38H2,1H3. The van der Waals surface area contributed by atoms with Gasteiger partial charge in [0.15, 0.2) is 0 Å². The van der Waals surface area contributed by atoms with Crippen molar-refractivity contribution >= 4 is 46.4 Å². The summed E-state index contributed by atoms with van der Waals surface area (Å²) in [7, 11) is 0. The molecule has 0 spiro atoms. The van der Waals surface area contributed by atoms with Crippen LogP contribution in [0.5, 0.6) is 0 Å². The largest absolute Gasteiger partial charge is 0.107 e. The Morgan fingerprint density at radius 2 is 0.556 bits per heavy atom. The molecule has 0 aliphatic heterocycles. The van der Waals surface area contributed by atoms with Crippen LogP contribution in [0.3, 0.4) is 0 Å². The molecule has 0 unspecified atom stereocenters. The van der Waals surface area contributed by atoms with E-state index in [2.05, 4.69) is 31.2 Å². The van der Waals surface area contributed by atoms with Crippen molar-refractivity contribution in [2.45, 2.75) is 228 Å². The van der Waals surface area contributed by atoms with Crippen LogP contribution in [0.4, 0.5) is 0 Å². The van der Waals surface area contributed by atoms with E-state index < -0.39 is 0 Å². The molecule has 0 saturated heterocycles. The molecule has 0 nitrogen and oxygen atoms in total. The fourth-order valence-corrected chi connectivity index (χ4v) is 7.00. The second-order valence-corrected chi connectivity index (χ2v) is 16.4. The number of allylic oxidation sites excluding steroid dienone is 4. The quantitative estimate of drug-likeness (QED) is 0.0342. The topological polar surface area (TPSA) is 0 Å². The molecule has 0 rings (SSSR count). The van der Waals surface area contributed by atoms with E-state index in [0.717, 1.165) is 18.8 Å². The third kappa shape index (κ3) is 40.7. The van der Waals surface area contributed by atoms with E-state index in [0.29, 0.717) is 0 Å². The van der Waals surface area contributed by atoms with Gasteiger partial charge in [0.05, 0.1) is 0 Å². The van der Waals surface area contributed by atoms with Gasteiger partial charge in [0.1, 0.15) is 9.67 Å². The molecule has 0 aliphatic carbocycles. The van der Waals surface area contributed by atoms with E-state index in [-0.39, 0.29) is 9.67 Å². The summed E-state index contributed by atoms with van der Waals surface area (Å²) in [6, 6.07) is 0. The molecule has 0 heterocycles. The van der Waals surface area contributed by atoms with Crippen LogP contribution < -0.4 is 0 Å². The molecule has 0 aromatic heterocycles. The van der Waals surface area contributed by atoms with Gasteiger partial charge in [-0.3, -0.25) is 0 Å². The first-order chi connectivity index (χ1) is 22.1. The highest BCUT2D eigenvalue weighted by atomic mass is 35.5. The highest BCUT2D eigenvalue weighted by Crippen LogP contribution is 2.24. The maximum absolute atomic E-state index is 5.78. The monoisotopic (exact) mass is 708 g/mol. The summed E-state index contributed by atoms with van der Waals surface area (Å²) in [4.78, 5) is -0.353. The van der Waals surface area contributed by atoms with Gasteiger partial charge < -0.3 is 0 Å². The lowest BCUT2D eigenvalue weighted by atomic mass is 9.90. The third-order valence-corrected chi connectivity index (χ3v) is 10.2. The fourth-order valence-electron chi connectivity index (χ4n) is 6.38. The molecule has 4 heteroatoms. The first kappa shape index (κ1) is 45.6. The van der Waals surface area contributed by atoms with Crippen molar-refractivity contribution in [1.29, 1.82) is 0 Å². The van der Waals surface area contributed by atoms with Crippen molar-refractivity contribution in [3.63, 3.8) is 0 Å². The summed E-state index contributed by atoms with van der Waals surface area (Å²) in [5.74, 6) is 0.993. The number of rotatable bonds is 37. The molecule has 0 fully saturated rings. The van der Waals surface area contributed by atoms with Gasteiger partial charge in [-0.15, -0.1) is 46.4 Å². The molecule has 45 heavy (non-hydrogen) atoms. The first-order valence-corrected chi connectivity index (χ1v) is 21.7. The summed E-state index contributed by atoms with van der Waals surface area (Å²) in [6.07, 6.45) is 53.8. The van der Waals surface area contributed by atoms with Crippen molar-refractivity contribution in [2.75, 3.05) is 0 Å². The van der Waals surface area contributed by atoms with Crippen LogP contribution in [0.1, 0.15) is 219 Å². The van der Waals surface area contributed by atoms with E-state index in [4.69, 9.17) is 46.4 Å². The van der Waals surface area contributed by atoms with E-state index in [1.807, 2.05) is 0 Å². The number of unbranched alkanes of at least 4 members (excludes halogenated alkanes) is 23. The molecule has 0 aromatic rings. The normalized spacial score (nSPS) is 13.0. The average Bonchev–Trinajstić information content (AvgIpc) is 3.02. The molecule has 0 aromatic carbocycles. The van der Waals surface area contributed by atoms with Crippen LogP contribution >= 0.6 is 46.4 Å². The van der Waals surface area contributed by atoms with Crippen LogP contribution in [0.25, 0.3) is 0 Å². The lowest BCUT2D eigenvalue weighted by Gasteiger charge is -2.16. The zero-order chi connectivity index (χ0) is 32.9. The van der Waals surface area contributed by atoms with Gasteiger partial charge in [-0.2, -0.15) is 0 Å². The zero-order valence-corrected chi connectivity index (χ0v) is 32.9. The second-order valence-electron chi connectivity index (χ2n) is 13.8. The predicted molar refractivity (Wildman–Crippen MR) is 211 cm³/mol. The lowest BCUT2D eigenvalue weighted by Crippen LogP contribution is -2.01. The van der Waals surface area contributed by atoms with Crippen LogP contribution in [-0.2, 0) is 0 Å². The lowest BCUT2D eigenvalue weighted by molar-refractivity contribution is 0.370. The number of hydrogen-bond acceptors (Lipinski definition) is 0. The Morgan fingerprint density at radius 1 is 0.311 bits per heavy atom. The van der Waals surface area contributed by atoms with E-state index in [9.17, 15) is 0 Å². The van der Waals surface area contributed by atoms with Gasteiger partial charge >= 0.3 is 0 Å². The summed E-state index contributed by atoms with van der Waals surface area (Å²) < 4.78 is 0. The molecular formula is C41H76Cl4. The van der Waals surface area contributed by atoms with Crippen LogP contribution in [0.2, 0.25) is 0 Å². The van der Waals surface area contributed by atoms with Gasteiger partial charge in [-0.05, 0) is 70.1 Å². The minimum Gasteiger partial charge on any atom is -0.105 e. The van der Waals surface area contributed by atoms with E-state index in [1.165, 1.54) is 199 Å². The smallest absolute Gasteiger partial charge is 0.105 e. The van der Waals surface area contributed by atoms with Gasteiger partial charge in [0.25, 0.3) is 0 Å². The van der Waals surface area contributed by atoms with Gasteiger partial charge in [-0.25, -0.2) is 0 Å². The Morgan fingerprint density at radius 3 is 0.844 bits per heavy atom. The SMILES string of the molecule is CCCCC(CCCCCCCCC=CCCCCCCCC(Cl)Cl)CCCCCCCCC=CCCCCCCCC(Cl)Cl. The van der Waals surface area contributed by atoms with Crippen LogP contribution in [0, 0.1) is 5.92 Å². The minimum atomic E-state index is -0.177. The fraction of sp³-hybridized carbons (Fsp3) is 0.902. The zero-order valence-electron chi connectivity index (χ0n) is 29.9. The average molecular weight is 711 g/mol. The van der Waals surface area contributed by atoms with Gasteiger partial charge in [0, 0.05) is 0 Å². The highest BCUT2D eigenvalue weighted by Gasteiger charge is 2.08. The van der Waals surface area contributed by atoms with Crippen LogP contribution in [-0.4, -0.2) is 9.67 Å². The van der Waals surface area contributed by atoms with Crippen LogP contribution in [0.15, 0.2) is 24.3 Å². The number of hydrogen-bond donors (Lipinski definition) is 0. The Kier molecular flexibility index (Phi) is 39.6. The molecule has 0 radical (unpaired) electrons. The van der Waals surface area contributed by atoms with Gasteiger partial charge in [-0.1, -0.05) is 179 Å².